The normalized spacial score (nSPS) is 14.8. The number of ether oxygens (including phenoxy) is 1. The molecule has 0 spiro atoms. The van der Waals surface area contributed by atoms with E-state index in [1.807, 2.05) is 13.0 Å². The highest BCUT2D eigenvalue weighted by molar-refractivity contribution is 5.58. The maximum atomic E-state index is 12.3. The Morgan fingerprint density at radius 1 is 1.32 bits per heavy atom. The molecule has 0 bridgehead atoms. The molecule has 4 nitrogen and oxygen atoms in total. The predicted octanol–water partition coefficient (Wildman–Crippen LogP) is 3.83. The van der Waals surface area contributed by atoms with Gasteiger partial charge in [0.15, 0.2) is 5.76 Å². The molecule has 1 aromatic carbocycles. The van der Waals surface area contributed by atoms with Crippen LogP contribution in [0.5, 0.6) is 5.75 Å². The van der Waals surface area contributed by atoms with E-state index in [1.54, 1.807) is 6.07 Å². The van der Waals surface area contributed by atoms with Crippen LogP contribution in [-0.4, -0.2) is 18.1 Å². The first-order valence-corrected chi connectivity index (χ1v) is 6.96. The van der Waals surface area contributed by atoms with E-state index in [9.17, 15) is 13.2 Å². The van der Waals surface area contributed by atoms with Crippen molar-refractivity contribution >= 4 is 5.69 Å². The van der Waals surface area contributed by atoms with Crippen LogP contribution in [0.15, 0.2) is 28.8 Å². The van der Waals surface area contributed by atoms with Gasteiger partial charge in [-0.2, -0.15) is 0 Å². The van der Waals surface area contributed by atoms with Crippen molar-refractivity contribution < 1.29 is 22.4 Å². The summed E-state index contributed by atoms with van der Waals surface area (Å²) in [5.41, 5.74) is 2.57. The van der Waals surface area contributed by atoms with Gasteiger partial charge in [-0.05, 0) is 43.5 Å². The third kappa shape index (κ3) is 3.35. The van der Waals surface area contributed by atoms with Crippen LogP contribution in [0.2, 0.25) is 0 Å². The van der Waals surface area contributed by atoms with Gasteiger partial charge in [0.25, 0.3) is 0 Å². The zero-order valence-electron chi connectivity index (χ0n) is 12.0. The lowest BCUT2D eigenvalue weighted by Crippen LogP contribution is -2.28. The molecule has 0 unspecified atom stereocenters. The van der Waals surface area contributed by atoms with Crippen LogP contribution in [0.4, 0.5) is 18.9 Å². The summed E-state index contributed by atoms with van der Waals surface area (Å²) in [6, 6.07) is 6.32. The number of aromatic nitrogens is 1. The van der Waals surface area contributed by atoms with Gasteiger partial charge < -0.3 is 14.2 Å². The van der Waals surface area contributed by atoms with Crippen LogP contribution in [-0.2, 0) is 13.0 Å². The number of benzene rings is 1. The Bertz CT molecular complexity index is 667. The number of aryl methyl sites for hydroxylation is 2. The second kappa shape index (κ2) is 5.55. The smallest absolute Gasteiger partial charge is 0.406 e. The zero-order valence-corrected chi connectivity index (χ0v) is 12.0. The topological polar surface area (TPSA) is 38.5 Å². The Kier molecular flexibility index (Phi) is 3.72. The van der Waals surface area contributed by atoms with Crippen molar-refractivity contribution in [3.05, 3.63) is 41.3 Å². The van der Waals surface area contributed by atoms with Crippen molar-refractivity contribution in [1.29, 1.82) is 0 Å². The van der Waals surface area contributed by atoms with Gasteiger partial charge in [-0.1, -0.05) is 5.16 Å². The largest absolute Gasteiger partial charge is 0.573 e. The number of rotatable bonds is 3. The maximum Gasteiger partial charge on any atom is 0.573 e. The van der Waals surface area contributed by atoms with Gasteiger partial charge in [0.2, 0.25) is 0 Å². The summed E-state index contributed by atoms with van der Waals surface area (Å²) in [6.07, 6.45) is -3.06. The average molecular weight is 312 g/mol. The number of fused-ring (bicyclic) bond motifs is 1. The summed E-state index contributed by atoms with van der Waals surface area (Å²) in [4.78, 5) is 2.08. The minimum atomic E-state index is -4.67. The maximum absolute atomic E-state index is 12.3. The van der Waals surface area contributed by atoms with Crippen LogP contribution in [0.1, 0.15) is 23.4 Å². The molecular formula is C15H15F3N2O2. The Morgan fingerprint density at radius 3 is 2.82 bits per heavy atom. The molecule has 0 N–H and O–H groups in total. The third-order valence-electron chi connectivity index (χ3n) is 3.52. The van der Waals surface area contributed by atoms with Crippen molar-refractivity contribution in [2.75, 3.05) is 11.4 Å². The number of nitrogens with zero attached hydrogens (tertiary/aromatic N) is 2. The van der Waals surface area contributed by atoms with Crippen LogP contribution < -0.4 is 9.64 Å². The lowest BCUT2D eigenvalue weighted by Gasteiger charge is -2.30. The summed E-state index contributed by atoms with van der Waals surface area (Å²) in [7, 11) is 0. The molecule has 2 heterocycles. The highest BCUT2D eigenvalue weighted by atomic mass is 19.4. The van der Waals surface area contributed by atoms with Crippen molar-refractivity contribution in [3.8, 4) is 5.75 Å². The molecule has 22 heavy (non-hydrogen) atoms. The van der Waals surface area contributed by atoms with E-state index in [0.717, 1.165) is 42.1 Å². The van der Waals surface area contributed by atoms with Crippen molar-refractivity contribution in [2.24, 2.45) is 0 Å². The number of halogens is 3. The van der Waals surface area contributed by atoms with Crippen LogP contribution in [0.3, 0.4) is 0 Å². The summed E-state index contributed by atoms with van der Waals surface area (Å²) >= 11 is 0. The fourth-order valence-corrected chi connectivity index (χ4v) is 2.69. The number of hydrogen-bond donors (Lipinski definition) is 0. The summed E-state index contributed by atoms with van der Waals surface area (Å²) in [6.45, 7) is 3.22. The molecule has 0 saturated heterocycles. The molecule has 118 valence electrons. The van der Waals surface area contributed by atoms with Gasteiger partial charge in [0, 0.05) is 18.3 Å². The molecular weight excluding hydrogens is 297 g/mol. The van der Waals surface area contributed by atoms with E-state index in [4.69, 9.17) is 4.52 Å². The molecule has 1 aromatic heterocycles. The van der Waals surface area contributed by atoms with Gasteiger partial charge in [-0.15, -0.1) is 13.2 Å². The SMILES string of the molecule is Cc1cc(CN2CCCc3cc(OC(F)(F)F)ccc32)on1. The van der Waals surface area contributed by atoms with Crippen molar-refractivity contribution in [1.82, 2.24) is 5.16 Å². The van der Waals surface area contributed by atoms with Crippen molar-refractivity contribution in [2.45, 2.75) is 32.7 Å². The molecule has 0 amide bonds. The Balaban J connectivity index is 1.81. The summed E-state index contributed by atoms with van der Waals surface area (Å²) < 4.78 is 46.0. The first kappa shape index (κ1) is 14.7. The van der Waals surface area contributed by atoms with Gasteiger partial charge in [0.1, 0.15) is 5.75 Å². The fraction of sp³-hybridized carbons (Fsp3) is 0.400. The van der Waals surface area contributed by atoms with Gasteiger partial charge in [-0.25, -0.2) is 0 Å². The molecule has 7 heteroatoms. The van der Waals surface area contributed by atoms with E-state index >= 15 is 0 Å². The highest BCUT2D eigenvalue weighted by Gasteiger charge is 2.31. The van der Waals surface area contributed by atoms with E-state index in [0.29, 0.717) is 6.54 Å². The van der Waals surface area contributed by atoms with Crippen LogP contribution in [0, 0.1) is 6.92 Å². The second-order valence-corrected chi connectivity index (χ2v) is 5.30. The fourth-order valence-electron chi connectivity index (χ4n) is 2.69. The minimum absolute atomic E-state index is 0.177. The van der Waals surface area contributed by atoms with E-state index < -0.39 is 6.36 Å². The van der Waals surface area contributed by atoms with E-state index in [2.05, 4.69) is 14.8 Å². The monoisotopic (exact) mass is 312 g/mol. The molecule has 1 aliphatic heterocycles. The van der Waals surface area contributed by atoms with Gasteiger partial charge in [-0.3, -0.25) is 0 Å². The molecule has 0 saturated carbocycles. The molecule has 0 radical (unpaired) electrons. The van der Waals surface area contributed by atoms with Crippen LogP contribution >= 0.6 is 0 Å². The van der Waals surface area contributed by atoms with E-state index in [-0.39, 0.29) is 5.75 Å². The van der Waals surface area contributed by atoms with Gasteiger partial charge >= 0.3 is 6.36 Å². The van der Waals surface area contributed by atoms with E-state index in [1.165, 1.54) is 12.1 Å². The molecule has 0 atom stereocenters. The number of hydrogen-bond acceptors (Lipinski definition) is 4. The highest BCUT2D eigenvalue weighted by Crippen LogP contribution is 2.33. The molecule has 0 aliphatic carbocycles. The second-order valence-electron chi connectivity index (χ2n) is 5.30. The molecule has 3 rings (SSSR count). The first-order chi connectivity index (χ1) is 10.4. The number of alkyl halides is 3. The third-order valence-corrected chi connectivity index (χ3v) is 3.52. The standard InChI is InChI=1S/C15H15F3N2O2/c1-10-7-13(22-19-10)9-20-6-2-3-11-8-12(4-5-14(11)20)21-15(16,17)18/h4-5,7-8H,2-3,6,9H2,1H3. The Hall–Kier alpha value is -2.18. The minimum Gasteiger partial charge on any atom is -0.406 e. The molecule has 2 aromatic rings. The van der Waals surface area contributed by atoms with Gasteiger partial charge in [0.05, 0.1) is 12.2 Å². The Morgan fingerprint density at radius 2 is 2.14 bits per heavy atom. The van der Waals surface area contributed by atoms with Crippen LogP contribution in [0.25, 0.3) is 0 Å². The summed E-state index contributed by atoms with van der Waals surface area (Å²) in [5, 5.41) is 3.85. The van der Waals surface area contributed by atoms with Crippen molar-refractivity contribution in [3.63, 3.8) is 0 Å². The lowest BCUT2D eigenvalue weighted by atomic mass is 10.0. The predicted molar refractivity (Wildman–Crippen MR) is 73.7 cm³/mol. The first-order valence-electron chi connectivity index (χ1n) is 6.96. The average Bonchev–Trinajstić information content (AvgIpc) is 2.82. The Labute approximate surface area is 125 Å². The lowest BCUT2D eigenvalue weighted by molar-refractivity contribution is -0.274. The summed E-state index contributed by atoms with van der Waals surface area (Å²) in [5.74, 6) is 0.560. The zero-order chi connectivity index (χ0) is 15.7. The quantitative estimate of drug-likeness (QED) is 0.863. The number of anilines is 1. The molecule has 0 fully saturated rings. The molecule has 1 aliphatic rings.